The molecule has 5 atom stereocenters. The average Bonchev–Trinajstić information content (AvgIpc) is 3.52. The van der Waals surface area contributed by atoms with E-state index in [4.69, 9.17) is 19.4 Å². The Bertz CT molecular complexity index is 2550. The van der Waals surface area contributed by atoms with Crippen LogP contribution in [-0.4, -0.2) is 106 Å². The lowest BCUT2D eigenvalue weighted by atomic mass is 10.0. The zero-order chi connectivity index (χ0) is 46.1. The molecule has 1 aliphatic carbocycles. The number of nitrogens with one attached hydrogen (secondary N) is 3. The van der Waals surface area contributed by atoms with Crippen molar-refractivity contribution in [2.24, 2.45) is 5.92 Å². The van der Waals surface area contributed by atoms with E-state index < -0.39 is 69.3 Å². The average molecular weight is 921 g/mol. The zero-order valence-electron chi connectivity index (χ0n) is 37.2. The lowest BCUT2D eigenvalue weighted by Crippen LogP contribution is -2.58. The molecule has 0 unspecified atom stereocenters. The fourth-order valence-corrected chi connectivity index (χ4v) is 9.73. The van der Waals surface area contributed by atoms with Crippen LogP contribution in [0.5, 0.6) is 6.01 Å². The van der Waals surface area contributed by atoms with Crippen molar-refractivity contribution in [2.75, 3.05) is 20.6 Å². The number of fused-ring (bicyclic) bond motifs is 3. The number of aromatic nitrogens is 3. The Labute approximate surface area is 377 Å². The largest absolute Gasteiger partial charge is 0.459 e. The normalized spacial score (nSPS) is 23.8. The molecule has 2 aliphatic heterocycles. The SMILES string of the molecule is CC(C)n1c(O[C@@H]2C[C@H]3C(=O)N[C@]4(C(=O)NS(=O)(=O)N(C)C)C[C@H]4/C=C\CCCCC[C@H](NC(=O)OC(C)(C)C)C(=O)N3C2)nc2c(-c3nc(Cc4cccc(F)c4)cs3)cccc21. The number of thiazole rings is 1. The number of rotatable bonds is 10. The van der Waals surface area contributed by atoms with Crippen molar-refractivity contribution in [2.45, 2.75) is 121 Å². The summed E-state index contributed by atoms with van der Waals surface area (Å²) >= 11 is 1.45. The second-order valence-electron chi connectivity index (χ2n) is 18.2. The van der Waals surface area contributed by atoms with Gasteiger partial charge in [0.05, 0.1) is 17.8 Å². The number of allylic oxidation sites excluding steroid dienone is 1. The first kappa shape index (κ1) is 46.6. The standard InChI is InChI=1S/C45H57FN8O8S2/c1-27(2)54-35-20-14-18-33(39-47-31(26-63-39)22-28-15-13-17-30(46)21-28)37(35)49-42(54)61-32-23-36-38(55)50-45(41(57)51-64(59,60)52(6)7)24-29(45)16-11-9-8-10-12-19-34(40(56)53(36)25-32)48-43(58)62-44(3,4)5/h11,13-18,20-21,26-27,29,32,34,36H,8-10,12,19,22-25H2,1-7H3,(H,48,58)(H,50,55)(H,51,57)/b16-11-/t29-,32-,34+,36+,45-/m1/s1. The molecule has 0 spiro atoms. The van der Waals surface area contributed by atoms with Gasteiger partial charge in [-0.15, -0.1) is 11.3 Å². The van der Waals surface area contributed by atoms with Gasteiger partial charge in [-0.05, 0) is 90.1 Å². The van der Waals surface area contributed by atoms with Gasteiger partial charge in [0.15, 0.2) is 0 Å². The molecular weight excluding hydrogens is 864 g/mol. The topological polar surface area (TPSA) is 194 Å². The third-order valence-corrected chi connectivity index (χ3v) is 13.9. The van der Waals surface area contributed by atoms with Gasteiger partial charge in [0.25, 0.3) is 11.9 Å². The molecule has 2 aromatic heterocycles. The molecule has 3 aliphatic rings. The number of imidazole rings is 1. The molecule has 4 amide bonds. The van der Waals surface area contributed by atoms with Gasteiger partial charge in [0.1, 0.15) is 45.7 Å². The summed E-state index contributed by atoms with van der Waals surface area (Å²) < 4.78 is 56.7. The molecule has 1 saturated heterocycles. The van der Waals surface area contributed by atoms with Gasteiger partial charge in [-0.3, -0.25) is 19.0 Å². The highest BCUT2D eigenvalue weighted by Crippen LogP contribution is 2.46. The Balaban J connectivity index is 1.21. The van der Waals surface area contributed by atoms with Gasteiger partial charge in [-0.1, -0.05) is 43.2 Å². The van der Waals surface area contributed by atoms with Crippen molar-refractivity contribution in [1.29, 1.82) is 0 Å². The Morgan fingerprint density at radius 1 is 1.09 bits per heavy atom. The summed E-state index contributed by atoms with van der Waals surface area (Å²) in [4.78, 5) is 67.6. The molecule has 19 heteroatoms. The molecule has 0 bridgehead atoms. The fraction of sp³-hybridized carbons (Fsp3) is 0.511. The van der Waals surface area contributed by atoms with E-state index in [-0.39, 0.29) is 43.7 Å². The Morgan fingerprint density at radius 3 is 2.58 bits per heavy atom. The molecule has 344 valence electrons. The predicted octanol–water partition coefficient (Wildman–Crippen LogP) is 6.03. The zero-order valence-corrected chi connectivity index (χ0v) is 38.9. The van der Waals surface area contributed by atoms with Crippen LogP contribution >= 0.6 is 11.3 Å². The van der Waals surface area contributed by atoms with Gasteiger partial charge in [0.2, 0.25) is 11.8 Å². The highest BCUT2D eigenvalue weighted by molar-refractivity contribution is 7.87. The number of carbonyl (C=O) groups is 4. The summed E-state index contributed by atoms with van der Waals surface area (Å²) in [6, 6.07) is 10.1. The molecule has 4 aromatic rings. The molecular formula is C45H57FN8O8S2. The number of benzene rings is 2. The van der Waals surface area contributed by atoms with E-state index in [1.54, 1.807) is 26.8 Å². The van der Waals surface area contributed by atoms with E-state index in [9.17, 15) is 32.0 Å². The van der Waals surface area contributed by atoms with Crippen molar-refractivity contribution in [3.63, 3.8) is 0 Å². The van der Waals surface area contributed by atoms with Gasteiger partial charge in [0, 0.05) is 49.8 Å². The number of hydrogen-bond donors (Lipinski definition) is 3. The highest BCUT2D eigenvalue weighted by Gasteiger charge is 2.62. The van der Waals surface area contributed by atoms with E-state index in [1.807, 2.05) is 60.2 Å². The number of para-hydroxylation sites is 1. The van der Waals surface area contributed by atoms with Crippen LogP contribution < -0.4 is 20.1 Å². The molecule has 16 nitrogen and oxygen atoms in total. The van der Waals surface area contributed by atoms with Crippen molar-refractivity contribution >= 4 is 56.4 Å². The lowest BCUT2D eigenvalue weighted by Gasteiger charge is -2.30. The Kier molecular flexibility index (Phi) is 13.5. The van der Waals surface area contributed by atoms with Gasteiger partial charge < -0.3 is 25.0 Å². The van der Waals surface area contributed by atoms with E-state index in [2.05, 4.69) is 15.4 Å². The van der Waals surface area contributed by atoms with Crippen molar-refractivity contribution in [3.05, 3.63) is 77.1 Å². The van der Waals surface area contributed by atoms with Crippen LogP contribution in [-0.2, 0) is 35.8 Å². The van der Waals surface area contributed by atoms with Crippen LogP contribution in [0.4, 0.5) is 9.18 Å². The maximum atomic E-state index is 14.7. The number of carbonyl (C=O) groups excluding carboxylic acids is 4. The molecule has 0 radical (unpaired) electrons. The molecule has 3 N–H and O–H groups in total. The Hall–Kier alpha value is -5.40. The third-order valence-electron chi connectivity index (χ3n) is 11.6. The second kappa shape index (κ2) is 18.6. The molecule has 1 saturated carbocycles. The summed E-state index contributed by atoms with van der Waals surface area (Å²) in [5, 5.41) is 8.29. The second-order valence-corrected chi connectivity index (χ2v) is 21.0. The minimum absolute atomic E-state index is 0.00495. The monoisotopic (exact) mass is 920 g/mol. The number of nitrogens with zero attached hydrogens (tertiary/aromatic N) is 5. The summed E-state index contributed by atoms with van der Waals surface area (Å²) in [5.41, 5.74) is 1.35. The molecule has 2 fully saturated rings. The van der Waals surface area contributed by atoms with Crippen LogP contribution in [0, 0.1) is 11.7 Å². The first-order chi connectivity index (χ1) is 30.2. The van der Waals surface area contributed by atoms with Crippen molar-refractivity contribution < 1.29 is 41.5 Å². The minimum atomic E-state index is -4.20. The summed E-state index contributed by atoms with van der Waals surface area (Å²) in [5.74, 6) is -2.88. The van der Waals surface area contributed by atoms with Crippen LogP contribution in [0.3, 0.4) is 0 Å². The summed E-state index contributed by atoms with van der Waals surface area (Å²) in [6.07, 6.45) is 5.83. The number of hydrogen-bond acceptors (Lipinski definition) is 11. The summed E-state index contributed by atoms with van der Waals surface area (Å²) in [6.45, 7) is 9.08. The van der Waals surface area contributed by atoms with Crippen molar-refractivity contribution in [1.82, 2.24) is 39.1 Å². The number of alkyl carbamates (subject to hydrolysis) is 1. The predicted molar refractivity (Wildman–Crippen MR) is 240 cm³/mol. The van der Waals surface area contributed by atoms with Gasteiger partial charge in [-0.2, -0.15) is 17.7 Å². The van der Waals surface area contributed by atoms with E-state index in [0.29, 0.717) is 24.8 Å². The fourth-order valence-electron chi connectivity index (χ4n) is 8.28. The third kappa shape index (κ3) is 10.4. The number of halogens is 1. The lowest BCUT2D eigenvalue weighted by molar-refractivity contribution is -0.141. The molecule has 7 rings (SSSR count). The van der Waals surface area contributed by atoms with E-state index in [1.165, 1.54) is 42.5 Å². The molecule has 2 aromatic carbocycles. The number of ether oxygens (including phenoxy) is 2. The van der Waals surface area contributed by atoms with Crippen LogP contribution in [0.1, 0.15) is 96.9 Å². The first-order valence-corrected chi connectivity index (χ1v) is 24.0. The summed E-state index contributed by atoms with van der Waals surface area (Å²) in [7, 11) is -1.63. The van der Waals surface area contributed by atoms with Crippen LogP contribution in [0.25, 0.3) is 21.6 Å². The van der Waals surface area contributed by atoms with Crippen LogP contribution in [0.15, 0.2) is 60.0 Å². The van der Waals surface area contributed by atoms with Crippen molar-refractivity contribution in [3.8, 4) is 16.6 Å². The highest BCUT2D eigenvalue weighted by atomic mass is 32.2. The quantitative estimate of drug-likeness (QED) is 0.158. The van der Waals surface area contributed by atoms with Crippen LogP contribution in [0.2, 0.25) is 0 Å². The molecule has 4 heterocycles. The van der Waals surface area contributed by atoms with Gasteiger partial charge >= 0.3 is 16.3 Å². The van der Waals surface area contributed by atoms with E-state index in [0.717, 1.165) is 44.5 Å². The Morgan fingerprint density at radius 2 is 1.86 bits per heavy atom. The smallest absolute Gasteiger partial charge is 0.408 e. The maximum absolute atomic E-state index is 14.7. The van der Waals surface area contributed by atoms with E-state index >= 15 is 0 Å². The first-order valence-electron chi connectivity index (χ1n) is 21.6. The maximum Gasteiger partial charge on any atom is 0.408 e. The number of amides is 4. The molecule has 64 heavy (non-hydrogen) atoms. The van der Waals surface area contributed by atoms with Gasteiger partial charge in [-0.25, -0.2) is 18.9 Å². The minimum Gasteiger partial charge on any atom is -0.459 e.